The molecule has 0 amide bonds. The molecule has 0 saturated carbocycles. The highest BCUT2D eigenvalue weighted by Gasteiger charge is 2.19. The molecule has 0 aliphatic rings. The van der Waals surface area contributed by atoms with Gasteiger partial charge in [-0.05, 0) is 135 Å². The first-order valence-electron chi connectivity index (χ1n) is 32.0. The molecule has 0 aliphatic carbocycles. The maximum Gasteiger partial charge on any atom is 0.306 e. The standard InChI is InChI=1S/C73H116O6/c1-4-7-10-13-16-19-22-25-26-27-28-29-30-31-32-33-34-35-36-37-38-39-40-41-42-43-44-45-46-49-51-54-57-60-63-66-72(75)78-69-70(79-73(76)67-64-61-58-55-52-48-24-21-18-15-12-9-6-3)68-77-71(74)65-62-59-56-53-50-47-23-20-17-14-11-8-5-2/h7,9-10,12,16,18-21,23,25-26,28-29,31-32,34-35,37-38,40-41,48,52,58,61,70H,4-6,8,11,13-15,17,22,24,27,30,33,36,39,42-47,49-51,53-57,59-60,62-69H2,1-3H3/b10-7-,12-9-,19-16-,21-18-,23-20-,26-25-,29-28-,32-31-,35-34-,38-37-,41-40-,52-48-,61-58-. The summed E-state index contributed by atoms with van der Waals surface area (Å²) in [7, 11) is 0. The van der Waals surface area contributed by atoms with Gasteiger partial charge in [0.1, 0.15) is 13.2 Å². The first-order chi connectivity index (χ1) is 39.0. The van der Waals surface area contributed by atoms with Crippen molar-refractivity contribution in [2.24, 2.45) is 0 Å². The van der Waals surface area contributed by atoms with Gasteiger partial charge in [0.05, 0.1) is 0 Å². The van der Waals surface area contributed by atoms with Gasteiger partial charge < -0.3 is 14.2 Å². The first kappa shape index (κ1) is 74.0. The van der Waals surface area contributed by atoms with Crippen molar-refractivity contribution >= 4 is 17.9 Å². The summed E-state index contributed by atoms with van der Waals surface area (Å²) in [5.41, 5.74) is 0. The average molecular weight is 1090 g/mol. The van der Waals surface area contributed by atoms with Crippen LogP contribution < -0.4 is 0 Å². The number of hydrogen-bond donors (Lipinski definition) is 0. The van der Waals surface area contributed by atoms with Gasteiger partial charge in [0.15, 0.2) is 6.10 Å². The topological polar surface area (TPSA) is 78.9 Å². The molecular formula is C73H116O6. The van der Waals surface area contributed by atoms with Gasteiger partial charge in [-0.1, -0.05) is 269 Å². The van der Waals surface area contributed by atoms with Crippen molar-refractivity contribution in [3.8, 4) is 0 Å². The summed E-state index contributed by atoms with van der Waals surface area (Å²) in [6, 6.07) is 0. The lowest BCUT2D eigenvalue weighted by Gasteiger charge is -2.18. The van der Waals surface area contributed by atoms with Crippen LogP contribution in [0.5, 0.6) is 0 Å². The largest absolute Gasteiger partial charge is 0.462 e. The van der Waals surface area contributed by atoms with Gasteiger partial charge in [0.25, 0.3) is 0 Å². The molecule has 0 fully saturated rings. The smallest absolute Gasteiger partial charge is 0.306 e. The van der Waals surface area contributed by atoms with Crippen LogP contribution in [0.2, 0.25) is 0 Å². The zero-order valence-electron chi connectivity index (χ0n) is 50.8. The number of hydrogen-bond acceptors (Lipinski definition) is 6. The molecule has 0 saturated heterocycles. The van der Waals surface area contributed by atoms with Crippen LogP contribution >= 0.6 is 0 Å². The quantitative estimate of drug-likeness (QED) is 0.0261. The summed E-state index contributed by atoms with van der Waals surface area (Å²) in [5.74, 6) is -1.02. The van der Waals surface area contributed by atoms with Gasteiger partial charge in [-0.15, -0.1) is 0 Å². The fourth-order valence-electron chi connectivity index (χ4n) is 8.29. The Bertz CT molecular complexity index is 1780. The van der Waals surface area contributed by atoms with E-state index in [1.807, 2.05) is 12.2 Å². The molecule has 1 unspecified atom stereocenters. The van der Waals surface area contributed by atoms with E-state index in [0.29, 0.717) is 19.3 Å². The minimum atomic E-state index is -0.827. The fraction of sp³-hybridized carbons (Fsp3) is 0.603. The summed E-state index contributed by atoms with van der Waals surface area (Å²) in [5, 5.41) is 0. The number of carbonyl (C=O) groups excluding carboxylic acids is 3. The second-order valence-electron chi connectivity index (χ2n) is 20.5. The number of allylic oxidation sites excluding steroid dienone is 26. The SMILES string of the molecule is CC/C=C\C/C=C\C/C=C\C/C=C\C/C=C\C/C=C\C/C=C\C/C=C\CCCCCCCCCCCCC(=O)OCC(COC(=O)CCCCCCC/C=C\CCCCCC)OC(=O)CC/C=C\C/C=C\C/C=C\C/C=C\CC. The normalized spacial score (nSPS) is 13.2. The van der Waals surface area contributed by atoms with Crippen molar-refractivity contribution in [3.63, 3.8) is 0 Å². The first-order valence-corrected chi connectivity index (χ1v) is 32.0. The number of rotatable bonds is 56. The third-order valence-electron chi connectivity index (χ3n) is 13.0. The predicted octanol–water partition coefficient (Wildman–Crippen LogP) is 22.1. The third-order valence-corrected chi connectivity index (χ3v) is 13.0. The highest BCUT2D eigenvalue weighted by Crippen LogP contribution is 2.14. The lowest BCUT2D eigenvalue weighted by Crippen LogP contribution is -2.30. The summed E-state index contributed by atoms with van der Waals surface area (Å²) in [6.45, 7) is 6.31. The third kappa shape index (κ3) is 63.7. The van der Waals surface area contributed by atoms with Crippen LogP contribution in [0.3, 0.4) is 0 Å². The Kier molecular flexibility index (Phi) is 61.4. The Morgan fingerprint density at radius 2 is 0.519 bits per heavy atom. The predicted molar refractivity (Wildman–Crippen MR) is 343 cm³/mol. The molecule has 0 heterocycles. The van der Waals surface area contributed by atoms with Crippen molar-refractivity contribution in [2.45, 2.75) is 271 Å². The summed E-state index contributed by atoms with van der Waals surface area (Å²) < 4.78 is 16.8. The van der Waals surface area contributed by atoms with E-state index in [2.05, 4.69) is 167 Å². The number of carbonyl (C=O) groups is 3. The lowest BCUT2D eigenvalue weighted by atomic mass is 10.1. The fourth-order valence-corrected chi connectivity index (χ4v) is 8.29. The van der Waals surface area contributed by atoms with Crippen LogP contribution in [-0.4, -0.2) is 37.2 Å². The number of ether oxygens (including phenoxy) is 3. The van der Waals surface area contributed by atoms with Crippen molar-refractivity contribution in [1.82, 2.24) is 0 Å². The second-order valence-corrected chi connectivity index (χ2v) is 20.5. The Morgan fingerprint density at radius 1 is 0.266 bits per heavy atom. The van der Waals surface area contributed by atoms with E-state index < -0.39 is 12.1 Å². The number of esters is 3. The van der Waals surface area contributed by atoms with Gasteiger partial charge in [0, 0.05) is 19.3 Å². The van der Waals surface area contributed by atoms with Crippen LogP contribution in [0.1, 0.15) is 265 Å². The van der Waals surface area contributed by atoms with Gasteiger partial charge in [0.2, 0.25) is 0 Å². The molecule has 1 atom stereocenters. The Morgan fingerprint density at radius 3 is 0.835 bits per heavy atom. The Hall–Kier alpha value is -4.97. The molecule has 0 spiro atoms. The van der Waals surface area contributed by atoms with E-state index in [4.69, 9.17) is 14.2 Å². The molecule has 444 valence electrons. The maximum atomic E-state index is 12.8. The van der Waals surface area contributed by atoms with E-state index in [0.717, 1.165) is 135 Å². The van der Waals surface area contributed by atoms with E-state index in [-0.39, 0.29) is 31.6 Å². The molecule has 0 N–H and O–H groups in total. The van der Waals surface area contributed by atoms with Crippen LogP contribution in [-0.2, 0) is 28.6 Å². The highest BCUT2D eigenvalue weighted by atomic mass is 16.6. The minimum Gasteiger partial charge on any atom is -0.462 e. The van der Waals surface area contributed by atoms with Crippen molar-refractivity contribution < 1.29 is 28.6 Å². The summed E-state index contributed by atoms with van der Waals surface area (Å²) in [4.78, 5) is 38.1. The van der Waals surface area contributed by atoms with E-state index in [1.54, 1.807) is 0 Å². The van der Waals surface area contributed by atoms with E-state index in [9.17, 15) is 14.4 Å². The molecular weight excluding hydrogens is 973 g/mol. The molecule has 0 aromatic rings. The summed E-state index contributed by atoms with van der Waals surface area (Å²) >= 11 is 0. The molecule has 0 bridgehead atoms. The second kappa shape index (κ2) is 65.5. The van der Waals surface area contributed by atoms with E-state index in [1.165, 1.54) is 83.5 Å². The zero-order valence-corrected chi connectivity index (χ0v) is 50.8. The lowest BCUT2D eigenvalue weighted by molar-refractivity contribution is -0.166. The maximum absolute atomic E-state index is 12.8. The molecule has 0 aliphatic heterocycles. The minimum absolute atomic E-state index is 0.116. The molecule has 79 heavy (non-hydrogen) atoms. The number of unbranched alkanes of at least 4 members (excludes halogenated alkanes) is 19. The monoisotopic (exact) mass is 1090 g/mol. The van der Waals surface area contributed by atoms with Gasteiger partial charge in [-0.2, -0.15) is 0 Å². The molecule has 0 rings (SSSR count). The van der Waals surface area contributed by atoms with Crippen LogP contribution in [0.25, 0.3) is 0 Å². The Balaban J connectivity index is 4.25. The average Bonchev–Trinajstić information content (AvgIpc) is 3.45. The van der Waals surface area contributed by atoms with Crippen LogP contribution in [0, 0.1) is 0 Å². The van der Waals surface area contributed by atoms with Crippen LogP contribution in [0.4, 0.5) is 0 Å². The molecule has 0 aromatic carbocycles. The van der Waals surface area contributed by atoms with Gasteiger partial charge >= 0.3 is 17.9 Å². The molecule has 6 heteroatoms. The zero-order chi connectivity index (χ0) is 57.1. The Labute approximate surface area is 486 Å². The summed E-state index contributed by atoms with van der Waals surface area (Å²) in [6.07, 6.45) is 95.6. The van der Waals surface area contributed by atoms with Gasteiger partial charge in [-0.3, -0.25) is 14.4 Å². The van der Waals surface area contributed by atoms with Crippen molar-refractivity contribution in [2.75, 3.05) is 13.2 Å². The van der Waals surface area contributed by atoms with Gasteiger partial charge in [-0.25, -0.2) is 0 Å². The van der Waals surface area contributed by atoms with E-state index >= 15 is 0 Å². The van der Waals surface area contributed by atoms with Crippen molar-refractivity contribution in [1.29, 1.82) is 0 Å². The molecule has 0 radical (unpaired) electrons. The molecule has 0 aromatic heterocycles. The molecule has 6 nitrogen and oxygen atoms in total. The van der Waals surface area contributed by atoms with Crippen LogP contribution in [0.15, 0.2) is 158 Å². The van der Waals surface area contributed by atoms with Crippen molar-refractivity contribution in [3.05, 3.63) is 158 Å². The highest BCUT2D eigenvalue weighted by molar-refractivity contribution is 5.71.